The van der Waals surface area contributed by atoms with Crippen molar-refractivity contribution in [3.05, 3.63) is 108 Å². The molecule has 1 heterocycles. The van der Waals surface area contributed by atoms with Crippen molar-refractivity contribution in [3.8, 4) is 17.2 Å². The maximum Gasteiger partial charge on any atom is 0.268 e. The summed E-state index contributed by atoms with van der Waals surface area (Å²) in [6, 6.07) is 32.0. The van der Waals surface area contributed by atoms with E-state index in [1.165, 1.54) is 3.97 Å². The minimum Gasteiger partial charge on any atom is -0.397 e. The van der Waals surface area contributed by atoms with Gasteiger partial charge in [0.25, 0.3) is 10.0 Å². The van der Waals surface area contributed by atoms with Gasteiger partial charge in [0.2, 0.25) is 0 Å². The van der Waals surface area contributed by atoms with Gasteiger partial charge in [-0.05, 0) is 53.6 Å². The van der Waals surface area contributed by atoms with Crippen molar-refractivity contribution in [3.63, 3.8) is 0 Å². The standard InChI is InChI=1S/C30H21N3O2S/c1-19-10-14-23(15-11-19)36(34,35)33-27-9-5-4-8-24(27)29-28(33)17-25(26(18-31)30(29)32)22-13-12-20-6-2-3-7-21(20)16-22/h2-17H,32H2,1H3. The van der Waals surface area contributed by atoms with E-state index in [1.807, 2.05) is 61.5 Å². The quantitative estimate of drug-likeness (QED) is 0.284. The summed E-state index contributed by atoms with van der Waals surface area (Å²) in [6.45, 7) is 1.91. The van der Waals surface area contributed by atoms with Crippen LogP contribution in [-0.4, -0.2) is 12.4 Å². The molecule has 0 fully saturated rings. The van der Waals surface area contributed by atoms with E-state index < -0.39 is 10.0 Å². The molecule has 1 aromatic heterocycles. The lowest BCUT2D eigenvalue weighted by Gasteiger charge is -2.13. The number of anilines is 1. The van der Waals surface area contributed by atoms with Gasteiger partial charge in [0.1, 0.15) is 6.07 Å². The lowest BCUT2D eigenvalue weighted by atomic mass is 9.94. The number of fused-ring (bicyclic) bond motifs is 4. The van der Waals surface area contributed by atoms with Crippen LogP contribution < -0.4 is 5.73 Å². The molecule has 0 aliphatic carbocycles. The fraction of sp³-hybridized carbons (Fsp3) is 0.0333. The van der Waals surface area contributed by atoms with E-state index in [9.17, 15) is 13.7 Å². The molecule has 0 spiro atoms. The largest absolute Gasteiger partial charge is 0.397 e. The zero-order valence-electron chi connectivity index (χ0n) is 19.4. The van der Waals surface area contributed by atoms with Gasteiger partial charge < -0.3 is 5.73 Å². The zero-order valence-corrected chi connectivity index (χ0v) is 20.3. The van der Waals surface area contributed by atoms with Gasteiger partial charge in [-0.15, -0.1) is 0 Å². The van der Waals surface area contributed by atoms with Crippen LogP contribution in [0.15, 0.2) is 102 Å². The van der Waals surface area contributed by atoms with E-state index in [2.05, 4.69) is 6.07 Å². The predicted molar refractivity (Wildman–Crippen MR) is 145 cm³/mol. The van der Waals surface area contributed by atoms with Crippen LogP contribution in [0.25, 0.3) is 43.7 Å². The molecule has 0 saturated heterocycles. The van der Waals surface area contributed by atoms with Gasteiger partial charge in [-0.2, -0.15) is 5.26 Å². The minimum atomic E-state index is -3.96. The smallest absolute Gasteiger partial charge is 0.268 e. The molecular weight excluding hydrogens is 466 g/mol. The molecule has 0 unspecified atom stereocenters. The molecule has 6 heteroatoms. The van der Waals surface area contributed by atoms with Gasteiger partial charge in [-0.25, -0.2) is 12.4 Å². The van der Waals surface area contributed by atoms with Crippen LogP contribution in [0.3, 0.4) is 0 Å². The number of aryl methyl sites for hydroxylation is 1. The summed E-state index contributed by atoms with van der Waals surface area (Å²) in [6.07, 6.45) is 0. The van der Waals surface area contributed by atoms with Gasteiger partial charge >= 0.3 is 0 Å². The number of nitrogens with zero attached hydrogens (tertiary/aromatic N) is 2. The Bertz CT molecular complexity index is 1980. The molecule has 0 bridgehead atoms. The maximum atomic E-state index is 14.0. The zero-order chi connectivity index (χ0) is 25.0. The van der Waals surface area contributed by atoms with Gasteiger partial charge in [-0.1, -0.05) is 72.3 Å². The molecule has 0 radical (unpaired) electrons. The third-order valence-corrected chi connectivity index (χ3v) is 8.43. The Kier molecular flexibility index (Phi) is 4.85. The second kappa shape index (κ2) is 7.98. The molecule has 6 rings (SSSR count). The molecule has 5 nitrogen and oxygen atoms in total. The average Bonchev–Trinajstić information content (AvgIpc) is 3.24. The molecule has 36 heavy (non-hydrogen) atoms. The van der Waals surface area contributed by atoms with Crippen LogP contribution in [0.1, 0.15) is 11.1 Å². The van der Waals surface area contributed by atoms with E-state index in [1.54, 1.807) is 42.5 Å². The van der Waals surface area contributed by atoms with Crippen molar-refractivity contribution in [1.82, 2.24) is 3.97 Å². The van der Waals surface area contributed by atoms with Crippen molar-refractivity contribution >= 4 is 48.3 Å². The highest BCUT2D eigenvalue weighted by molar-refractivity contribution is 7.90. The summed E-state index contributed by atoms with van der Waals surface area (Å²) in [5, 5.41) is 13.5. The third-order valence-electron chi connectivity index (χ3n) is 6.69. The van der Waals surface area contributed by atoms with Crippen molar-refractivity contribution in [2.75, 3.05) is 5.73 Å². The van der Waals surface area contributed by atoms with Crippen LogP contribution in [-0.2, 0) is 10.0 Å². The first-order valence-corrected chi connectivity index (χ1v) is 12.9. The van der Waals surface area contributed by atoms with Crippen LogP contribution in [0.5, 0.6) is 0 Å². The SMILES string of the molecule is Cc1ccc(S(=O)(=O)n2c3ccccc3c3c(N)c(C#N)c(-c4ccc5ccccc5c4)cc32)cc1. The Morgan fingerprint density at radius 3 is 2.25 bits per heavy atom. The second-order valence-corrected chi connectivity index (χ2v) is 10.7. The van der Waals surface area contributed by atoms with Crippen molar-refractivity contribution in [1.29, 1.82) is 5.26 Å². The van der Waals surface area contributed by atoms with E-state index in [4.69, 9.17) is 5.73 Å². The van der Waals surface area contributed by atoms with Crippen molar-refractivity contribution in [2.45, 2.75) is 11.8 Å². The lowest BCUT2D eigenvalue weighted by molar-refractivity contribution is 0.590. The first-order valence-electron chi connectivity index (χ1n) is 11.5. The highest BCUT2D eigenvalue weighted by Gasteiger charge is 2.26. The first-order chi connectivity index (χ1) is 17.4. The second-order valence-electron chi connectivity index (χ2n) is 8.88. The summed E-state index contributed by atoms with van der Waals surface area (Å²) >= 11 is 0. The van der Waals surface area contributed by atoms with E-state index >= 15 is 0 Å². The highest BCUT2D eigenvalue weighted by Crippen LogP contribution is 2.41. The van der Waals surface area contributed by atoms with Crippen LogP contribution in [0.2, 0.25) is 0 Å². The van der Waals surface area contributed by atoms with Gasteiger partial charge in [0.05, 0.1) is 27.2 Å². The minimum absolute atomic E-state index is 0.186. The number of nitriles is 1. The number of nitrogen functional groups attached to an aromatic ring is 1. The number of hydrogen-bond acceptors (Lipinski definition) is 4. The van der Waals surface area contributed by atoms with Gasteiger partial charge in [-0.3, -0.25) is 0 Å². The highest BCUT2D eigenvalue weighted by atomic mass is 32.2. The number of benzene rings is 5. The summed E-state index contributed by atoms with van der Waals surface area (Å²) < 4.78 is 29.3. The van der Waals surface area contributed by atoms with Crippen molar-refractivity contribution in [2.24, 2.45) is 0 Å². The topological polar surface area (TPSA) is 88.9 Å². The fourth-order valence-electron chi connectivity index (χ4n) is 4.90. The Hall–Kier alpha value is -4.60. The third kappa shape index (κ3) is 3.18. The molecule has 0 atom stereocenters. The van der Waals surface area contributed by atoms with Gasteiger partial charge in [0, 0.05) is 16.3 Å². The molecule has 174 valence electrons. The molecule has 6 aromatic rings. The number of hydrogen-bond donors (Lipinski definition) is 1. The molecule has 0 amide bonds. The molecule has 0 aliphatic rings. The molecule has 0 saturated carbocycles. The monoisotopic (exact) mass is 487 g/mol. The van der Waals surface area contributed by atoms with Crippen LogP contribution >= 0.6 is 0 Å². The predicted octanol–water partition coefficient (Wildman–Crippen LogP) is 6.61. The van der Waals surface area contributed by atoms with Crippen LogP contribution in [0.4, 0.5) is 5.69 Å². The average molecular weight is 488 g/mol. The Morgan fingerprint density at radius 2 is 1.50 bits per heavy atom. The van der Waals surface area contributed by atoms with Crippen LogP contribution in [0, 0.1) is 18.3 Å². The number of rotatable bonds is 3. The van der Waals surface area contributed by atoms with Crippen molar-refractivity contribution < 1.29 is 8.42 Å². The Morgan fingerprint density at radius 1 is 0.806 bits per heavy atom. The van der Waals surface area contributed by atoms with E-state index in [0.717, 1.165) is 21.9 Å². The summed E-state index contributed by atoms with van der Waals surface area (Å²) in [5.74, 6) is 0. The molecule has 2 N–H and O–H groups in total. The summed E-state index contributed by atoms with van der Waals surface area (Å²) in [5.41, 5.74) is 10.5. The molecular formula is C30H21N3O2S. The van der Waals surface area contributed by atoms with Gasteiger partial charge in [0.15, 0.2) is 0 Å². The molecule has 0 aliphatic heterocycles. The summed E-state index contributed by atoms with van der Waals surface area (Å²) in [4.78, 5) is 0.186. The number of para-hydroxylation sites is 1. The molecule has 5 aromatic carbocycles. The normalized spacial score (nSPS) is 11.8. The Labute approximate surface area is 208 Å². The first kappa shape index (κ1) is 21.9. The Balaban J connectivity index is 1.74. The van der Waals surface area contributed by atoms with E-state index in [0.29, 0.717) is 32.9 Å². The maximum absolute atomic E-state index is 14.0. The number of aromatic nitrogens is 1. The fourth-order valence-corrected chi connectivity index (χ4v) is 6.42. The lowest BCUT2D eigenvalue weighted by Crippen LogP contribution is -2.13. The summed E-state index contributed by atoms with van der Waals surface area (Å²) in [7, 11) is -3.96. The number of nitrogens with two attached hydrogens (primary N) is 1. The van der Waals surface area contributed by atoms with E-state index in [-0.39, 0.29) is 10.6 Å².